The minimum absolute atomic E-state index is 0.171. The third-order valence-electron chi connectivity index (χ3n) is 5.01. The second kappa shape index (κ2) is 6.02. The average Bonchev–Trinajstić information content (AvgIpc) is 2.98. The molecule has 1 amide bonds. The Morgan fingerprint density at radius 1 is 1.30 bits per heavy atom. The molecule has 2 fully saturated rings. The number of amides is 1. The van der Waals surface area contributed by atoms with Crippen LogP contribution in [0.1, 0.15) is 53.9 Å². The second-order valence-corrected chi connectivity index (χ2v) is 7.09. The van der Waals surface area contributed by atoms with Crippen molar-refractivity contribution in [2.45, 2.75) is 71.6 Å². The molecule has 0 aliphatic carbocycles. The van der Waals surface area contributed by atoms with Gasteiger partial charge in [-0.1, -0.05) is 20.8 Å². The van der Waals surface area contributed by atoms with Crippen molar-refractivity contribution in [2.75, 3.05) is 19.6 Å². The number of carbonyl (C=O) groups excluding carboxylic acids is 1. The fraction of sp³-hybridized carbons (Fsp3) is 0.938. The third kappa shape index (κ3) is 2.86. The van der Waals surface area contributed by atoms with Crippen LogP contribution >= 0.6 is 0 Å². The predicted octanol–water partition coefficient (Wildman–Crippen LogP) is 2.05. The first kappa shape index (κ1) is 15.8. The van der Waals surface area contributed by atoms with E-state index in [0.717, 1.165) is 13.0 Å². The van der Waals surface area contributed by atoms with Crippen molar-refractivity contribution in [2.24, 2.45) is 5.92 Å². The van der Waals surface area contributed by atoms with Crippen molar-refractivity contribution in [3.63, 3.8) is 0 Å². The van der Waals surface area contributed by atoms with E-state index in [1.807, 2.05) is 6.92 Å². The fourth-order valence-electron chi connectivity index (χ4n) is 3.51. The Hall–Kier alpha value is -0.610. The van der Waals surface area contributed by atoms with Gasteiger partial charge in [0.25, 0.3) is 0 Å². The highest BCUT2D eigenvalue weighted by molar-refractivity contribution is 5.88. The SMILES string of the molecule is CCC1(C)NC(C(C)C)N(C(C)CN2CCCC2)C1=O. The Labute approximate surface area is 123 Å². The van der Waals surface area contributed by atoms with Crippen LogP contribution in [-0.4, -0.2) is 53.1 Å². The summed E-state index contributed by atoms with van der Waals surface area (Å²) < 4.78 is 0. The molecule has 4 heteroatoms. The van der Waals surface area contributed by atoms with Gasteiger partial charge in [0.15, 0.2) is 0 Å². The van der Waals surface area contributed by atoms with Gasteiger partial charge in [-0.25, -0.2) is 0 Å². The van der Waals surface area contributed by atoms with Crippen LogP contribution in [-0.2, 0) is 4.79 Å². The summed E-state index contributed by atoms with van der Waals surface area (Å²) in [5.41, 5.74) is -0.381. The number of hydrogen-bond acceptors (Lipinski definition) is 3. The number of hydrogen-bond donors (Lipinski definition) is 1. The van der Waals surface area contributed by atoms with Crippen molar-refractivity contribution in [3.05, 3.63) is 0 Å². The van der Waals surface area contributed by atoms with E-state index in [-0.39, 0.29) is 23.7 Å². The topological polar surface area (TPSA) is 35.6 Å². The molecular formula is C16H31N3O. The molecule has 116 valence electrons. The van der Waals surface area contributed by atoms with Crippen molar-refractivity contribution in [3.8, 4) is 0 Å². The normalized spacial score (nSPS) is 33.4. The lowest BCUT2D eigenvalue weighted by atomic mass is 9.99. The van der Waals surface area contributed by atoms with Crippen LogP contribution in [0.3, 0.4) is 0 Å². The molecule has 1 N–H and O–H groups in total. The van der Waals surface area contributed by atoms with Gasteiger partial charge < -0.3 is 9.80 Å². The van der Waals surface area contributed by atoms with Gasteiger partial charge in [-0.3, -0.25) is 10.1 Å². The fourth-order valence-corrected chi connectivity index (χ4v) is 3.51. The van der Waals surface area contributed by atoms with Crippen LogP contribution in [0.15, 0.2) is 0 Å². The zero-order valence-corrected chi connectivity index (χ0v) is 13.8. The molecule has 3 atom stereocenters. The zero-order valence-electron chi connectivity index (χ0n) is 13.8. The molecule has 0 aromatic carbocycles. The van der Waals surface area contributed by atoms with Crippen LogP contribution in [0.4, 0.5) is 0 Å². The Morgan fingerprint density at radius 3 is 2.40 bits per heavy atom. The van der Waals surface area contributed by atoms with E-state index in [2.05, 4.69) is 42.8 Å². The standard InChI is InChI=1S/C16H31N3O/c1-6-16(5)15(20)19(14(17-16)12(2)3)13(4)11-18-9-7-8-10-18/h12-14,17H,6-11H2,1-5H3. The summed E-state index contributed by atoms with van der Waals surface area (Å²) in [4.78, 5) is 17.4. The molecule has 2 aliphatic rings. The average molecular weight is 281 g/mol. The van der Waals surface area contributed by atoms with Gasteiger partial charge in [-0.2, -0.15) is 0 Å². The van der Waals surface area contributed by atoms with Gasteiger partial charge >= 0.3 is 0 Å². The molecule has 0 aromatic rings. The minimum atomic E-state index is -0.381. The summed E-state index contributed by atoms with van der Waals surface area (Å²) in [6, 6.07) is 0.286. The molecule has 3 unspecified atom stereocenters. The van der Waals surface area contributed by atoms with Crippen molar-refractivity contribution >= 4 is 5.91 Å². The summed E-state index contributed by atoms with van der Waals surface area (Å²) >= 11 is 0. The van der Waals surface area contributed by atoms with Crippen LogP contribution in [0, 0.1) is 5.92 Å². The van der Waals surface area contributed by atoms with E-state index < -0.39 is 0 Å². The summed E-state index contributed by atoms with van der Waals surface area (Å²) in [7, 11) is 0. The van der Waals surface area contributed by atoms with Crippen molar-refractivity contribution in [1.29, 1.82) is 0 Å². The summed E-state index contributed by atoms with van der Waals surface area (Å²) in [6.07, 6.45) is 3.63. The lowest BCUT2D eigenvalue weighted by Crippen LogP contribution is -2.50. The molecule has 0 bridgehead atoms. The first-order chi connectivity index (χ1) is 9.39. The Balaban J connectivity index is 2.11. The van der Waals surface area contributed by atoms with Crippen molar-refractivity contribution < 1.29 is 4.79 Å². The quantitative estimate of drug-likeness (QED) is 0.838. The Bertz CT molecular complexity index is 352. The van der Waals surface area contributed by atoms with E-state index in [1.54, 1.807) is 0 Å². The van der Waals surface area contributed by atoms with E-state index in [4.69, 9.17) is 0 Å². The molecule has 0 aromatic heterocycles. The van der Waals surface area contributed by atoms with Gasteiger partial charge in [-0.15, -0.1) is 0 Å². The first-order valence-electron chi connectivity index (χ1n) is 8.22. The molecule has 2 saturated heterocycles. The molecule has 2 rings (SSSR count). The number of nitrogens with one attached hydrogen (secondary N) is 1. The van der Waals surface area contributed by atoms with Crippen LogP contribution in [0.5, 0.6) is 0 Å². The van der Waals surface area contributed by atoms with Crippen LogP contribution in [0.25, 0.3) is 0 Å². The van der Waals surface area contributed by atoms with E-state index in [1.165, 1.54) is 25.9 Å². The molecule has 0 radical (unpaired) electrons. The molecule has 0 saturated carbocycles. The van der Waals surface area contributed by atoms with E-state index in [9.17, 15) is 4.79 Å². The Morgan fingerprint density at radius 2 is 1.90 bits per heavy atom. The molecular weight excluding hydrogens is 250 g/mol. The maximum Gasteiger partial charge on any atom is 0.244 e. The number of carbonyl (C=O) groups is 1. The monoisotopic (exact) mass is 281 g/mol. The van der Waals surface area contributed by atoms with E-state index in [0.29, 0.717) is 5.92 Å². The van der Waals surface area contributed by atoms with Gasteiger partial charge in [0.2, 0.25) is 5.91 Å². The predicted molar refractivity (Wildman–Crippen MR) is 82.4 cm³/mol. The maximum absolute atomic E-state index is 12.8. The van der Waals surface area contributed by atoms with E-state index >= 15 is 0 Å². The van der Waals surface area contributed by atoms with Crippen LogP contribution < -0.4 is 5.32 Å². The molecule has 4 nitrogen and oxygen atoms in total. The lowest BCUT2D eigenvalue weighted by molar-refractivity contribution is -0.135. The number of nitrogens with zero attached hydrogens (tertiary/aromatic N) is 2. The number of rotatable bonds is 5. The number of likely N-dealkylation sites (tertiary alicyclic amines) is 1. The van der Waals surface area contributed by atoms with Gasteiger partial charge in [0.05, 0.1) is 11.7 Å². The molecule has 2 heterocycles. The Kier molecular flexibility index (Phi) is 4.75. The van der Waals surface area contributed by atoms with Gasteiger partial charge in [-0.05, 0) is 52.1 Å². The molecule has 2 aliphatic heterocycles. The summed E-state index contributed by atoms with van der Waals surface area (Å²) in [5, 5.41) is 3.58. The largest absolute Gasteiger partial charge is 0.321 e. The third-order valence-corrected chi connectivity index (χ3v) is 5.01. The lowest BCUT2D eigenvalue weighted by Gasteiger charge is -2.34. The van der Waals surface area contributed by atoms with Crippen molar-refractivity contribution in [1.82, 2.24) is 15.1 Å². The first-order valence-corrected chi connectivity index (χ1v) is 8.22. The molecule has 0 spiro atoms. The maximum atomic E-state index is 12.8. The molecule has 20 heavy (non-hydrogen) atoms. The minimum Gasteiger partial charge on any atom is -0.321 e. The second-order valence-electron chi connectivity index (χ2n) is 7.09. The highest BCUT2D eigenvalue weighted by atomic mass is 16.2. The van der Waals surface area contributed by atoms with Crippen LogP contribution in [0.2, 0.25) is 0 Å². The summed E-state index contributed by atoms with van der Waals surface area (Å²) in [6.45, 7) is 14.1. The smallest absolute Gasteiger partial charge is 0.244 e. The highest BCUT2D eigenvalue weighted by Gasteiger charge is 2.49. The zero-order chi connectivity index (χ0) is 14.9. The van der Waals surface area contributed by atoms with Gasteiger partial charge in [0.1, 0.15) is 0 Å². The van der Waals surface area contributed by atoms with Gasteiger partial charge in [0, 0.05) is 12.6 Å². The highest BCUT2D eigenvalue weighted by Crippen LogP contribution is 2.29. The summed E-state index contributed by atoms with van der Waals surface area (Å²) in [5.74, 6) is 0.721.